The molecule has 2 amide bonds. The van der Waals surface area contributed by atoms with Gasteiger partial charge in [0, 0.05) is 23.1 Å². The van der Waals surface area contributed by atoms with Crippen LogP contribution in [0.3, 0.4) is 0 Å². The van der Waals surface area contributed by atoms with Crippen molar-refractivity contribution in [3.8, 4) is 0 Å². The summed E-state index contributed by atoms with van der Waals surface area (Å²) < 4.78 is 4.64. The minimum Gasteiger partial charge on any atom is -0.477 e. The number of fused-ring (bicyclic) bond motifs is 1. The van der Waals surface area contributed by atoms with Gasteiger partial charge in [-0.1, -0.05) is 29.3 Å². The number of esters is 1. The van der Waals surface area contributed by atoms with Crippen molar-refractivity contribution in [3.05, 3.63) is 38.2 Å². The molecule has 3 rings (SSSR count). The van der Waals surface area contributed by atoms with Crippen LogP contribution in [0.15, 0.2) is 33.3 Å². The SMILES string of the molecule is CC(=O)OCC1=C(C(=O)O)N2C(=O)C(NC(=O)C(=C(Cl)Cl)c3cccs3)[C@@H]2SC1. The quantitative estimate of drug-likeness (QED) is 0.367. The summed E-state index contributed by atoms with van der Waals surface area (Å²) in [6.45, 7) is 0.992. The van der Waals surface area contributed by atoms with Gasteiger partial charge in [-0.3, -0.25) is 19.3 Å². The molecule has 1 aromatic heterocycles. The maximum atomic E-state index is 12.7. The number of thioether (sulfide) groups is 1. The molecule has 12 heteroatoms. The molecule has 1 unspecified atom stereocenters. The fourth-order valence-corrected chi connectivity index (χ4v) is 5.50. The number of aliphatic carboxylic acids is 1. The third-order valence-corrected chi connectivity index (χ3v) is 6.77. The molecular formula is C17H14Cl2N2O6S2. The largest absolute Gasteiger partial charge is 0.477 e. The van der Waals surface area contributed by atoms with Gasteiger partial charge in [-0.25, -0.2) is 4.79 Å². The third-order valence-electron chi connectivity index (χ3n) is 4.17. The van der Waals surface area contributed by atoms with Crippen molar-refractivity contribution >= 4 is 75.6 Å². The molecule has 29 heavy (non-hydrogen) atoms. The lowest BCUT2D eigenvalue weighted by atomic mass is 10.0. The Morgan fingerprint density at radius 3 is 2.66 bits per heavy atom. The van der Waals surface area contributed by atoms with Crippen molar-refractivity contribution in [2.24, 2.45) is 0 Å². The summed E-state index contributed by atoms with van der Waals surface area (Å²) in [5, 5.41) is 13.3. The van der Waals surface area contributed by atoms with Gasteiger partial charge in [0.05, 0.1) is 5.57 Å². The van der Waals surface area contributed by atoms with E-state index in [0.29, 0.717) is 10.5 Å². The lowest BCUT2D eigenvalue weighted by Gasteiger charge is -2.49. The number of ether oxygens (including phenoxy) is 1. The summed E-state index contributed by atoms with van der Waals surface area (Å²) in [4.78, 5) is 49.6. The number of carboxylic acid groups (broad SMARTS) is 1. The van der Waals surface area contributed by atoms with E-state index >= 15 is 0 Å². The number of amides is 2. The van der Waals surface area contributed by atoms with Gasteiger partial charge in [0.15, 0.2) is 0 Å². The number of nitrogens with one attached hydrogen (secondary N) is 1. The molecule has 2 aliphatic rings. The first-order chi connectivity index (χ1) is 13.7. The summed E-state index contributed by atoms with van der Waals surface area (Å²) in [7, 11) is 0. The van der Waals surface area contributed by atoms with Crippen LogP contribution in [0.2, 0.25) is 0 Å². The highest BCUT2D eigenvalue weighted by Crippen LogP contribution is 2.41. The average molecular weight is 477 g/mol. The lowest BCUT2D eigenvalue weighted by molar-refractivity contribution is -0.150. The third kappa shape index (κ3) is 4.30. The molecule has 2 atom stereocenters. The maximum absolute atomic E-state index is 12.7. The van der Waals surface area contributed by atoms with Crippen LogP contribution < -0.4 is 5.32 Å². The Kier molecular flexibility index (Phi) is 6.57. The zero-order valence-corrected chi connectivity index (χ0v) is 18.0. The Morgan fingerprint density at radius 2 is 2.10 bits per heavy atom. The van der Waals surface area contributed by atoms with E-state index in [1.54, 1.807) is 17.5 Å². The van der Waals surface area contributed by atoms with Crippen molar-refractivity contribution in [1.82, 2.24) is 10.2 Å². The lowest BCUT2D eigenvalue weighted by Crippen LogP contribution is -2.70. The van der Waals surface area contributed by atoms with Crippen LogP contribution in [-0.4, -0.2) is 57.5 Å². The first-order valence-electron chi connectivity index (χ1n) is 8.15. The minimum atomic E-state index is -1.31. The van der Waals surface area contributed by atoms with Gasteiger partial charge < -0.3 is 15.2 Å². The second kappa shape index (κ2) is 8.78. The van der Waals surface area contributed by atoms with Gasteiger partial charge in [0.25, 0.3) is 11.8 Å². The second-order valence-corrected chi connectivity index (χ2v) is 9.01. The van der Waals surface area contributed by atoms with Crippen LogP contribution in [-0.2, 0) is 23.9 Å². The van der Waals surface area contributed by atoms with Gasteiger partial charge in [0.2, 0.25) is 0 Å². The molecule has 0 bridgehead atoms. The molecule has 154 valence electrons. The van der Waals surface area contributed by atoms with E-state index in [2.05, 4.69) is 5.32 Å². The minimum absolute atomic E-state index is 0.0416. The number of hydrogen-bond donors (Lipinski definition) is 2. The first-order valence-corrected chi connectivity index (χ1v) is 10.8. The molecule has 2 aliphatic heterocycles. The molecule has 0 aliphatic carbocycles. The summed E-state index contributed by atoms with van der Waals surface area (Å²) in [6.07, 6.45) is 0. The van der Waals surface area contributed by atoms with Crippen LogP contribution in [0.5, 0.6) is 0 Å². The highest BCUT2D eigenvalue weighted by atomic mass is 35.5. The zero-order chi connectivity index (χ0) is 21.3. The van der Waals surface area contributed by atoms with Crippen LogP contribution >= 0.6 is 46.3 Å². The second-order valence-electron chi connectivity index (χ2n) is 6.01. The molecule has 1 fully saturated rings. The number of carboxylic acids is 1. The van der Waals surface area contributed by atoms with E-state index in [9.17, 15) is 24.3 Å². The number of hydrogen-bond acceptors (Lipinski definition) is 7. The molecule has 0 radical (unpaired) electrons. The van der Waals surface area contributed by atoms with E-state index < -0.39 is 35.2 Å². The normalized spacial score (nSPS) is 20.5. The summed E-state index contributed by atoms with van der Waals surface area (Å²) >= 11 is 14.2. The van der Waals surface area contributed by atoms with E-state index in [4.69, 9.17) is 27.9 Å². The molecular weight excluding hydrogens is 463 g/mol. The molecule has 0 spiro atoms. The molecule has 2 N–H and O–H groups in total. The van der Waals surface area contributed by atoms with Crippen LogP contribution in [0.4, 0.5) is 0 Å². The molecule has 1 saturated heterocycles. The predicted octanol–water partition coefficient (Wildman–Crippen LogP) is 2.20. The Bertz CT molecular complexity index is 940. The number of rotatable bonds is 6. The molecule has 8 nitrogen and oxygen atoms in total. The van der Waals surface area contributed by atoms with E-state index in [-0.39, 0.29) is 28.1 Å². The summed E-state index contributed by atoms with van der Waals surface area (Å²) in [6, 6.07) is 2.47. The van der Waals surface area contributed by atoms with E-state index in [1.807, 2.05) is 0 Å². The Balaban J connectivity index is 1.79. The van der Waals surface area contributed by atoms with Crippen LogP contribution in [0.1, 0.15) is 11.8 Å². The smallest absolute Gasteiger partial charge is 0.352 e. The van der Waals surface area contributed by atoms with Gasteiger partial charge in [-0.2, -0.15) is 0 Å². The number of β-lactam (4-membered cyclic amide) rings is 1. The molecule has 3 heterocycles. The molecule has 1 aromatic rings. The highest BCUT2D eigenvalue weighted by Gasteiger charge is 2.54. The van der Waals surface area contributed by atoms with Crippen molar-refractivity contribution in [2.45, 2.75) is 18.3 Å². The van der Waals surface area contributed by atoms with Crippen molar-refractivity contribution < 1.29 is 29.0 Å². The van der Waals surface area contributed by atoms with Gasteiger partial charge in [-0.05, 0) is 11.4 Å². The highest BCUT2D eigenvalue weighted by molar-refractivity contribution is 8.00. The van der Waals surface area contributed by atoms with Crippen LogP contribution in [0, 0.1) is 0 Å². The first kappa shape index (κ1) is 21.7. The molecule has 0 aromatic carbocycles. The number of halogens is 2. The van der Waals surface area contributed by atoms with Crippen molar-refractivity contribution in [1.29, 1.82) is 0 Å². The standard InChI is InChI=1S/C17H14Cl2N2O6S2/c1-7(22)27-5-8-6-29-16-11(15(24)21(16)12(8)17(25)26)20-14(23)10(13(18)19)9-3-2-4-28-9/h2-4,11,16H,5-6H2,1H3,(H,20,23)(H,25,26)/t11?,16-/m0/s1. The number of carbonyl (C=O) groups excluding carboxylic acids is 3. The zero-order valence-electron chi connectivity index (χ0n) is 14.8. The Morgan fingerprint density at radius 1 is 1.38 bits per heavy atom. The summed E-state index contributed by atoms with van der Waals surface area (Å²) in [5.74, 6) is -2.83. The van der Waals surface area contributed by atoms with Gasteiger partial charge in [-0.15, -0.1) is 23.1 Å². The maximum Gasteiger partial charge on any atom is 0.352 e. The Labute approximate surface area is 183 Å². The van der Waals surface area contributed by atoms with E-state index in [1.165, 1.54) is 30.0 Å². The van der Waals surface area contributed by atoms with Gasteiger partial charge in [0.1, 0.15) is 28.2 Å². The average Bonchev–Trinajstić information content (AvgIpc) is 3.17. The van der Waals surface area contributed by atoms with E-state index in [0.717, 1.165) is 4.90 Å². The fourth-order valence-electron chi connectivity index (χ4n) is 2.91. The Hall–Kier alpha value is -2.01. The fraction of sp³-hybridized carbons (Fsp3) is 0.294. The monoisotopic (exact) mass is 476 g/mol. The number of nitrogens with zero attached hydrogens (tertiary/aromatic N) is 1. The predicted molar refractivity (Wildman–Crippen MR) is 109 cm³/mol. The summed E-state index contributed by atoms with van der Waals surface area (Å²) in [5.41, 5.74) is 0.130. The topological polar surface area (TPSA) is 113 Å². The van der Waals surface area contributed by atoms with Crippen molar-refractivity contribution in [3.63, 3.8) is 0 Å². The van der Waals surface area contributed by atoms with Gasteiger partial charge >= 0.3 is 11.9 Å². The van der Waals surface area contributed by atoms with Crippen molar-refractivity contribution in [2.75, 3.05) is 12.4 Å². The van der Waals surface area contributed by atoms with Crippen LogP contribution in [0.25, 0.3) is 5.57 Å². The number of carbonyl (C=O) groups is 4. The number of thiophene rings is 1. The molecule has 0 saturated carbocycles.